The number of carbonyl (C=O) groups is 1. The summed E-state index contributed by atoms with van der Waals surface area (Å²) >= 11 is 1.65. The Morgan fingerprint density at radius 3 is 2.68 bits per heavy atom. The van der Waals surface area contributed by atoms with Crippen LogP contribution in [0, 0.1) is 0 Å². The van der Waals surface area contributed by atoms with E-state index in [2.05, 4.69) is 19.8 Å². The van der Waals surface area contributed by atoms with Crippen LogP contribution in [-0.4, -0.2) is 53.6 Å². The number of ether oxygens (including phenoxy) is 1. The number of piperazine rings is 1. The SMILES string of the molecule is CC(C)(C)OC(=O)c1cccc(CN=C(N)N2CCN(c3nccs3)CC2)c1. The van der Waals surface area contributed by atoms with Gasteiger partial charge in [-0.3, -0.25) is 0 Å². The summed E-state index contributed by atoms with van der Waals surface area (Å²) in [5.74, 6) is 0.200. The van der Waals surface area contributed by atoms with Gasteiger partial charge in [-0.2, -0.15) is 0 Å². The topological polar surface area (TPSA) is 84.0 Å². The molecule has 1 saturated heterocycles. The highest BCUT2D eigenvalue weighted by Gasteiger charge is 2.20. The molecule has 2 heterocycles. The van der Waals surface area contributed by atoms with Crippen LogP contribution in [0.15, 0.2) is 40.8 Å². The molecule has 0 unspecified atom stereocenters. The van der Waals surface area contributed by atoms with Crippen molar-refractivity contribution in [2.45, 2.75) is 32.9 Å². The molecule has 1 aliphatic rings. The van der Waals surface area contributed by atoms with Crippen LogP contribution in [-0.2, 0) is 11.3 Å². The summed E-state index contributed by atoms with van der Waals surface area (Å²) < 4.78 is 5.42. The molecule has 0 aliphatic carbocycles. The monoisotopic (exact) mass is 401 g/mol. The third-order valence-corrected chi connectivity index (χ3v) is 5.11. The minimum absolute atomic E-state index is 0.329. The van der Waals surface area contributed by atoms with Crippen LogP contribution >= 0.6 is 11.3 Å². The fourth-order valence-corrected chi connectivity index (χ4v) is 3.60. The van der Waals surface area contributed by atoms with Gasteiger partial charge in [0.2, 0.25) is 0 Å². The maximum Gasteiger partial charge on any atom is 0.338 e. The van der Waals surface area contributed by atoms with Crippen LogP contribution in [0.1, 0.15) is 36.7 Å². The number of hydrogen-bond acceptors (Lipinski definition) is 6. The molecular formula is C20H27N5O2S. The molecule has 1 aliphatic heterocycles. The molecule has 7 nitrogen and oxygen atoms in total. The molecule has 1 aromatic carbocycles. The van der Waals surface area contributed by atoms with Gasteiger partial charge in [-0.15, -0.1) is 11.3 Å². The second-order valence-electron chi connectivity index (χ2n) is 7.67. The zero-order chi connectivity index (χ0) is 20.1. The number of aromatic nitrogens is 1. The van der Waals surface area contributed by atoms with E-state index < -0.39 is 5.60 Å². The van der Waals surface area contributed by atoms with Crippen molar-refractivity contribution in [3.8, 4) is 0 Å². The predicted octanol–water partition coefficient (Wildman–Crippen LogP) is 2.74. The minimum atomic E-state index is -0.517. The van der Waals surface area contributed by atoms with Gasteiger partial charge in [0.05, 0.1) is 12.1 Å². The molecule has 1 fully saturated rings. The maximum atomic E-state index is 12.2. The summed E-state index contributed by atoms with van der Waals surface area (Å²) in [7, 11) is 0. The molecule has 0 bridgehead atoms. The van der Waals surface area contributed by atoms with Gasteiger partial charge < -0.3 is 20.3 Å². The van der Waals surface area contributed by atoms with E-state index in [-0.39, 0.29) is 5.97 Å². The van der Waals surface area contributed by atoms with Gasteiger partial charge in [-0.1, -0.05) is 12.1 Å². The average molecular weight is 402 g/mol. The summed E-state index contributed by atoms with van der Waals surface area (Å²) in [6.45, 7) is 9.36. The second-order valence-corrected chi connectivity index (χ2v) is 8.54. The molecule has 2 aromatic rings. The number of esters is 1. The van der Waals surface area contributed by atoms with Gasteiger partial charge in [-0.25, -0.2) is 14.8 Å². The Kier molecular flexibility index (Phi) is 6.18. The van der Waals surface area contributed by atoms with E-state index >= 15 is 0 Å². The Labute approximate surface area is 169 Å². The normalized spacial score (nSPS) is 15.6. The van der Waals surface area contributed by atoms with Gasteiger partial charge in [0.25, 0.3) is 0 Å². The standard InChI is InChI=1S/C20H27N5O2S/c1-20(2,3)27-17(26)16-6-4-5-15(13-16)14-23-18(21)24-8-10-25(11-9-24)19-22-7-12-28-19/h4-7,12-13H,8-11,14H2,1-3H3,(H2,21,23). The Morgan fingerprint density at radius 1 is 1.29 bits per heavy atom. The van der Waals surface area contributed by atoms with Gasteiger partial charge in [0, 0.05) is 37.8 Å². The molecule has 28 heavy (non-hydrogen) atoms. The Balaban J connectivity index is 1.56. The number of nitrogens with two attached hydrogens (primary N) is 1. The number of thiazole rings is 1. The van der Waals surface area contributed by atoms with Gasteiger partial charge in [0.15, 0.2) is 11.1 Å². The lowest BCUT2D eigenvalue weighted by Gasteiger charge is -2.35. The van der Waals surface area contributed by atoms with Crippen LogP contribution in [0.3, 0.4) is 0 Å². The summed E-state index contributed by atoms with van der Waals surface area (Å²) in [5, 5.41) is 3.04. The lowest BCUT2D eigenvalue weighted by Crippen LogP contribution is -2.51. The number of benzene rings is 1. The molecule has 8 heteroatoms. The first-order valence-electron chi connectivity index (χ1n) is 9.33. The Hall–Kier alpha value is -2.61. The molecule has 0 radical (unpaired) electrons. The summed E-state index contributed by atoms with van der Waals surface area (Å²) in [6.07, 6.45) is 1.83. The zero-order valence-electron chi connectivity index (χ0n) is 16.6. The fourth-order valence-electron chi connectivity index (χ4n) is 2.90. The first-order valence-corrected chi connectivity index (χ1v) is 10.2. The molecule has 3 rings (SSSR count). The van der Waals surface area contributed by atoms with Crippen molar-refractivity contribution >= 4 is 28.4 Å². The molecule has 0 saturated carbocycles. The second kappa shape index (κ2) is 8.60. The number of hydrogen-bond donors (Lipinski definition) is 1. The number of rotatable bonds is 4. The van der Waals surface area contributed by atoms with Crippen LogP contribution in [0.25, 0.3) is 0 Å². The summed E-state index contributed by atoms with van der Waals surface area (Å²) in [6, 6.07) is 7.34. The quantitative estimate of drug-likeness (QED) is 0.482. The van der Waals surface area contributed by atoms with Crippen molar-refractivity contribution < 1.29 is 9.53 Å². The molecular weight excluding hydrogens is 374 g/mol. The van der Waals surface area contributed by atoms with Crippen LogP contribution in [0.2, 0.25) is 0 Å². The highest BCUT2D eigenvalue weighted by Crippen LogP contribution is 2.19. The first-order chi connectivity index (χ1) is 13.3. The van der Waals surface area contributed by atoms with Gasteiger partial charge in [-0.05, 0) is 38.5 Å². The van der Waals surface area contributed by atoms with E-state index in [0.717, 1.165) is 36.9 Å². The van der Waals surface area contributed by atoms with Crippen molar-refractivity contribution in [3.63, 3.8) is 0 Å². The molecule has 1 aromatic heterocycles. The van der Waals surface area contributed by atoms with E-state index in [4.69, 9.17) is 10.5 Å². The van der Waals surface area contributed by atoms with E-state index in [0.29, 0.717) is 18.1 Å². The molecule has 0 spiro atoms. The average Bonchev–Trinajstić information content (AvgIpc) is 3.20. The summed E-state index contributed by atoms with van der Waals surface area (Å²) in [4.78, 5) is 25.4. The lowest BCUT2D eigenvalue weighted by atomic mass is 10.1. The Morgan fingerprint density at radius 2 is 2.04 bits per heavy atom. The van der Waals surface area contributed by atoms with Crippen molar-refractivity contribution in [3.05, 3.63) is 47.0 Å². The highest BCUT2D eigenvalue weighted by molar-refractivity contribution is 7.13. The minimum Gasteiger partial charge on any atom is -0.456 e. The van der Waals surface area contributed by atoms with E-state index in [1.165, 1.54) is 0 Å². The van der Waals surface area contributed by atoms with Gasteiger partial charge in [0.1, 0.15) is 5.60 Å². The van der Waals surface area contributed by atoms with E-state index in [9.17, 15) is 4.79 Å². The van der Waals surface area contributed by atoms with Crippen molar-refractivity contribution in [1.82, 2.24) is 9.88 Å². The molecule has 0 amide bonds. The van der Waals surface area contributed by atoms with Crippen molar-refractivity contribution in [2.24, 2.45) is 10.7 Å². The van der Waals surface area contributed by atoms with Crippen molar-refractivity contribution in [2.75, 3.05) is 31.1 Å². The van der Waals surface area contributed by atoms with Crippen molar-refractivity contribution in [1.29, 1.82) is 0 Å². The number of guanidine groups is 1. The lowest BCUT2D eigenvalue weighted by molar-refractivity contribution is 0.00694. The van der Waals surface area contributed by atoms with E-state index in [1.807, 2.05) is 50.5 Å². The molecule has 0 atom stereocenters. The molecule has 2 N–H and O–H groups in total. The number of carbonyl (C=O) groups excluding carboxylic acids is 1. The van der Waals surface area contributed by atoms with Gasteiger partial charge >= 0.3 is 5.97 Å². The van der Waals surface area contributed by atoms with Crippen LogP contribution in [0.5, 0.6) is 0 Å². The third kappa shape index (κ3) is 5.45. The predicted molar refractivity (Wildman–Crippen MR) is 113 cm³/mol. The number of anilines is 1. The number of aliphatic imine (C=N–C) groups is 1. The smallest absolute Gasteiger partial charge is 0.338 e. The van der Waals surface area contributed by atoms with E-state index in [1.54, 1.807) is 17.4 Å². The Bertz CT molecular complexity index is 821. The molecule has 150 valence electrons. The number of nitrogens with zero attached hydrogens (tertiary/aromatic N) is 4. The maximum absolute atomic E-state index is 12.2. The first kappa shape index (κ1) is 20.1. The largest absolute Gasteiger partial charge is 0.456 e. The highest BCUT2D eigenvalue weighted by atomic mass is 32.1. The fraction of sp³-hybridized carbons (Fsp3) is 0.450. The van der Waals surface area contributed by atoms with Crippen LogP contribution in [0.4, 0.5) is 5.13 Å². The summed E-state index contributed by atoms with van der Waals surface area (Å²) in [5.41, 5.74) is 7.13. The zero-order valence-corrected chi connectivity index (χ0v) is 17.4. The third-order valence-electron chi connectivity index (χ3n) is 4.28. The van der Waals surface area contributed by atoms with Crippen LogP contribution < -0.4 is 10.6 Å².